The second-order valence-electron chi connectivity index (χ2n) is 5.27. The first kappa shape index (κ1) is 18.0. The van der Waals surface area contributed by atoms with Crippen LogP contribution >= 0.6 is 0 Å². The first-order valence-corrected chi connectivity index (χ1v) is 8.10. The second kappa shape index (κ2) is 10.7. The third kappa shape index (κ3) is 6.61. The Bertz CT molecular complexity index is 532. The molecule has 0 aliphatic rings. The Balaban J connectivity index is 0.000000745. The monoisotopic (exact) mass is 301 g/mol. The minimum absolute atomic E-state index is 0.0741. The molecule has 0 bridgehead atoms. The van der Waals surface area contributed by atoms with E-state index in [2.05, 4.69) is 26.1 Å². The van der Waals surface area contributed by atoms with Crippen LogP contribution < -0.4 is 5.32 Å². The quantitative estimate of drug-likeness (QED) is 0.777. The van der Waals surface area contributed by atoms with Gasteiger partial charge in [0.2, 0.25) is 5.91 Å². The molecule has 2 rings (SSSR count). The maximum absolute atomic E-state index is 11.8. The van der Waals surface area contributed by atoms with Gasteiger partial charge in [0.1, 0.15) is 5.76 Å². The van der Waals surface area contributed by atoms with Gasteiger partial charge in [-0.05, 0) is 30.2 Å². The first-order valence-electron chi connectivity index (χ1n) is 8.10. The van der Waals surface area contributed by atoms with Gasteiger partial charge in [-0.3, -0.25) is 4.79 Å². The minimum Gasteiger partial charge on any atom is -0.464 e. The van der Waals surface area contributed by atoms with Crippen molar-refractivity contribution >= 4 is 5.91 Å². The Morgan fingerprint density at radius 2 is 1.91 bits per heavy atom. The van der Waals surface area contributed by atoms with Crippen LogP contribution in [0, 0.1) is 0 Å². The lowest BCUT2D eigenvalue weighted by Crippen LogP contribution is -2.25. The average Bonchev–Trinajstić information content (AvgIpc) is 3.03. The summed E-state index contributed by atoms with van der Waals surface area (Å²) in [5.41, 5.74) is 2.01. The smallest absolute Gasteiger partial charge is 0.224 e. The molecule has 0 fully saturated rings. The SMILES string of the molecule is CCC.CCCCNC(=O)Cc1cccc(-c2ccco2)c1. The molecule has 1 amide bonds. The Hall–Kier alpha value is -2.03. The Labute approximate surface area is 133 Å². The van der Waals surface area contributed by atoms with Crippen molar-refractivity contribution in [2.75, 3.05) is 6.54 Å². The number of hydrogen-bond donors (Lipinski definition) is 1. The zero-order chi connectivity index (χ0) is 16.2. The van der Waals surface area contributed by atoms with Crippen LogP contribution in [0.1, 0.15) is 45.6 Å². The number of hydrogen-bond acceptors (Lipinski definition) is 2. The molecule has 1 N–H and O–H groups in total. The van der Waals surface area contributed by atoms with Crippen LogP contribution in [0.15, 0.2) is 47.1 Å². The van der Waals surface area contributed by atoms with Gasteiger partial charge in [-0.25, -0.2) is 0 Å². The summed E-state index contributed by atoms with van der Waals surface area (Å²) in [6.45, 7) is 7.12. The largest absolute Gasteiger partial charge is 0.464 e. The van der Waals surface area contributed by atoms with Crippen molar-refractivity contribution in [1.29, 1.82) is 0 Å². The molecule has 120 valence electrons. The van der Waals surface area contributed by atoms with Gasteiger partial charge in [-0.2, -0.15) is 0 Å². The van der Waals surface area contributed by atoms with Crippen LogP contribution in [0.4, 0.5) is 0 Å². The van der Waals surface area contributed by atoms with E-state index in [0.29, 0.717) is 6.42 Å². The van der Waals surface area contributed by atoms with E-state index in [0.717, 1.165) is 36.3 Å². The molecular weight excluding hydrogens is 274 g/mol. The Kier molecular flexibility index (Phi) is 8.73. The topological polar surface area (TPSA) is 42.2 Å². The van der Waals surface area contributed by atoms with Crippen molar-refractivity contribution in [1.82, 2.24) is 5.32 Å². The fraction of sp³-hybridized carbons (Fsp3) is 0.421. The van der Waals surface area contributed by atoms with E-state index in [1.54, 1.807) is 6.26 Å². The van der Waals surface area contributed by atoms with Crippen LogP contribution in [0.3, 0.4) is 0 Å². The number of carbonyl (C=O) groups excluding carboxylic acids is 1. The molecule has 1 aromatic heterocycles. The van der Waals surface area contributed by atoms with Crippen LogP contribution in [-0.4, -0.2) is 12.5 Å². The van der Waals surface area contributed by atoms with E-state index in [4.69, 9.17) is 4.42 Å². The zero-order valence-electron chi connectivity index (χ0n) is 13.9. The molecule has 0 saturated carbocycles. The van der Waals surface area contributed by atoms with Gasteiger partial charge in [-0.15, -0.1) is 0 Å². The highest BCUT2D eigenvalue weighted by molar-refractivity contribution is 5.79. The summed E-state index contributed by atoms with van der Waals surface area (Å²) < 4.78 is 5.36. The van der Waals surface area contributed by atoms with Gasteiger partial charge < -0.3 is 9.73 Å². The number of carbonyl (C=O) groups is 1. The van der Waals surface area contributed by atoms with E-state index in [1.165, 1.54) is 6.42 Å². The van der Waals surface area contributed by atoms with E-state index in [1.807, 2.05) is 36.4 Å². The number of rotatable bonds is 6. The zero-order valence-corrected chi connectivity index (χ0v) is 13.9. The van der Waals surface area contributed by atoms with Crippen LogP contribution in [0.25, 0.3) is 11.3 Å². The third-order valence-electron chi connectivity index (χ3n) is 2.95. The number of nitrogens with one attached hydrogen (secondary N) is 1. The van der Waals surface area contributed by atoms with Gasteiger partial charge in [-0.1, -0.05) is 51.8 Å². The molecular formula is C19H27NO2. The molecule has 3 nitrogen and oxygen atoms in total. The summed E-state index contributed by atoms with van der Waals surface area (Å²) in [6, 6.07) is 11.7. The van der Waals surface area contributed by atoms with Gasteiger partial charge in [0, 0.05) is 12.1 Å². The molecule has 0 unspecified atom stereocenters. The van der Waals surface area contributed by atoms with Crippen molar-refractivity contribution < 1.29 is 9.21 Å². The maximum atomic E-state index is 11.8. The molecule has 0 saturated heterocycles. The Morgan fingerprint density at radius 3 is 2.55 bits per heavy atom. The van der Waals surface area contributed by atoms with E-state index < -0.39 is 0 Å². The predicted octanol–water partition coefficient (Wildman–Crippen LogP) is 4.82. The van der Waals surface area contributed by atoms with Crippen LogP contribution in [0.2, 0.25) is 0 Å². The van der Waals surface area contributed by atoms with E-state index in [-0.39, 0.29) is 5.91 Å². The van der Waals surface area contributed by atoms with Crippen molar-refractivity contribution in [3.05, 3.63) is 48.2 Å². The molecule has 0 radical (unpaired) electrons. The predicted molar refractivity (Wildman–Crippen MR) is 91.7 cm³/mol. The molecule has 0 spiro atoms. The minimum atomic E-state index is 0.0741. The lowest BCUT2D eigenvalue weighted by atomic mass is 10.1. The standard InChI is InChI=1S/C16H19NO2.C3H8/c1-2-3-9-17-16(18)12-13-6-4-7-14(11-13)15-8-5-10-19-15;1-3-2/h4-8,10-11H,2-3,9,12H2,1H3,(H,17,18);3H2,1-2H3. The molecule has 2 aromatic rings. The van der Waals surface area contributed by atoms with Gasteiger partial charge >= 0.3 is 0 Å². The van der Waals surface area contributed by atoms with Crippen molar-refractivity contribution in [2.24, 2.45) is 0 Å². The highest BCUT2D eigenvalue weighted by atomic mass is 16.3. The lowest BCUT2D eigenvalue weighted by molar-refractivity contribution is -0.120. The number of amides is 1. The van der Waals surface area contributed by atoms with Crippen LogP contribution in [-0.2, 0) is 11.2 Å². The molecule has 0 aliphatic heterocycles. The van der Waals surface area contributed by atoms with Crippen molar-refractivity contribution in [3.63, 3.8) is 0 Å². The molecule has 22 heavy (non-hydrogen) atoms. The highest BCUT2D eigenvalue weighted by Gasteiger charge is 2.05. The van der Waals surface area contributed by atoms with Crippen molar-refractivity contribution in [2.45, 2.75) is 46.5 Å². The Morgan fingerprint density at radius 1 is 1.14 bits per heavy atom. The van der Waals surface area contributed by atoms with Crippen LogP contribution in [0.5, 0.6) is 0 Å². The summed E-state index contributed by atoms with van der Waals surface area (Å²) in [5.74, 6) is 0.901. The summed E-state index contributed by atoms with van der Waals surface area (Å²) in [7, 11) is 0. The molecule has 1 heterocycles. The summed E-state index contributed by atoms with van der Waals surface area (Å²) in [6.07, 6.45) is 5.43. The van der Waals surface area contributed by atoms with Crippen molar-refractivity contribution in [3.8, 4) is 11.3 Å². The van der Waals surface area contributed by atoms with Gasteiger partial charge in [0.25, 0.3) is 0 Å². The number of furan rings is 1. The molecule has 0 atom stereocenters. The molecule has 3 heteroatoms. The van der Waals surface area contributed by atoms with Gasteiger partial charge in [0.05, 0.1) is 12.7 Å². The normalized spacial score (nSPS) is 9.77. The third-order valence-corrected chi connectivity index (χ3v) is 2.95. The maximum Gasteiger partial charge on any atom is 0.224 e. The first-order chi connectivity index (χ1) is 10.7. The molecule has 1 aromatic carbocycles. The highest BCUT2D eigenvalue weighted by Crippen LogP contribution is 2.20. The summed E-state index contributed by atoms with van der Waals surface area (Å²) in [4.78, 5) is 11.8. The fourth-order valence-corrected chi connectivity index (χ4v) is 1.93. The fourth-order valence-electron chi connectivity index (χ4n) is 1.93. The second-order valence-corrected chi connectivity index (χ2v) is 5.27. The number of unbranched alkanes of at least 4 members (excludes halogenated alkanes) is 1. The average molecular weight is 301 g/mol. The summed E-state index contributed by atoms with van der Waals surface area (Å²) >= 11 is 0. The van der Waals surface area contributed by atoms with Gasteiger partial charge in [0.15, 0.2) is 0 Å². The summed E-state index contributed by atoms with van der Waals surface area (Å²) in [5, 5.41) is 2.92. The number of benzene rings is 1. The molecule has 0 aliphatic carbocycles. The van der Waals surface area contributed by atoms with E-state index in [9.17, 15) is 4.79 Å². The lowest BCUT2D eigenvalue weighted by Gasteiger charge is -2.05. The van der Waals surface area contributed by atoms with E-state index >= 15 is 0 Å².